The lowest BCUT2D eigenvalue weighted by Gasteiger charge is -2.35. The van der Waals surface area contributed by atoms with Crippen molar-refractivity contribution in [3.8, 4) is 5.88 Å². The molecule has 1 aromatic carbocycles. The molecule has 256 valence electrons. The Morgan fingerprint density at radius 1 is 1.02 bits per heavy atom. The third-order valence-corrected chi connectivity index (χ3v) is 7.60. The van der Waals surface area contributed by atoms with E-state index in [2.05, 4.69) is 60.9 Å². The Hall–Kier alpha value is -3.48. The number of nitroso groups, excluding NO2 is 1. The van der Waals surface area contributed by atoms with Gasteiger partial charge in [0.2, 0.25) is 5.88 Å². The molecule has 0 saturated heterocycles. The number of methoxy groups -OCH3 is 2. The van der Waals surface area contributed by atoms with Crippen LogP contribution in [0.15, 0.2) is 41.2 Å². The van der Waals surface area contributed by atoms with Gasteiger partial charge in [-0.1, -0.05) is 45.4 Å². The van der Waals surface area contributed by atoms with Crippen molar-refractivity contribution in [3.63, 3.8) is 0 Å². The average molecular weight is 660 g/mol. The Balaban J connectivity index is 0.00000173. The third kappa shape index (κ3) is 11.1. The number of nitrogens with zero attached hydrogens (tertiary/aromatic N) is 2. The molecule has 13 heteroatoms. The van der Waals surface area contributed by atoms with Gasteiger partial charge in [0, 0.05) is 24.3 Å². The van der Waals surface area contributed by atoms with Gasteiger partial charge >= 0.3 is 12.4 Å². The minimum atomic E-state index is -5.03. The van der Waals surface area contributed by atoms with Crippen LogP contribution in [0.2, 0.25) is 0 Å². The second kappa shape index (κ2) is 15.4. The van der Waals surface area contributed by atoms with Gasteiger partial charge in [0.15, 0.2) is 0 Å². The zero-order valence-corrected chi connectivity index (χ0v) is 27.4. The van der Waals surface area contributed by atoms with E-state index in [9.17, 15) is 31.2 Å². The minimum absolute atomic E-state index is 0.0303. The number of ether oxygens (including phenoxy) is 2. The van der Waals surface area contributed by atoms with E-state index in [0.29, 0.717) is 30.9 Å². The maximum Gasteiger partial charge on any atom is 0.416 e. The molecule has 46 heavy (non-hydrogen) atoms. The smallest absolute Gasteiger partial charge is 0.416 e. The monoisotopic (exact) mass is 659 g/mol. The number of carbonyl (C=O) groups is 1. The lowest BCUT2D eigenvalue weighted by Crippen LogP contribution is -2.35. The zero-order chi connectivity index (χ0) is 35.1. The van der Waals surface area contributed by atoms with Crippen LogP contribution in [0.3, 0.4) is 0 Å². The molecule has 0 amide bonds. The van der Waals surface area contributed by atoms with E-state index in [0.717, 1.165) is 41.5 Å². The molecule has 0 spiro atoms. The second-order valence-electron chi connectivity index (χ2n) is 13.5. The highest BCUT2D eigenvalue weighted by molar-refractivity contribution is 5.73. The van der Waals surface area contributed by atoms with Gasteiger partial charge in [-0.15, -0.1) is 0 Å². The standard InChI is InChI=1S/C31H39F6N3O2.C2H4O2/c1-18(26(40-41)20-11-22(30(32,33)34)13-23(12-20)31(35,36)37)38-17-21-15-29(5,6)9-8-24(21)25-10-19(14-28(2,3)4)16-39-27(25)42-7;1-4-2-3/h10-13,16,18,26,38H,8-9,14-15,17H2,1-7H3;2H,1H3. The summed E-state index contributed by atoms with van der Waals surface area (Å²) in [4.78, 5) is 25.3. The van der Waals surface area contributed by atoms with Gasteiger partial charge in [-0.2, -0.15) is 31.2 Å². The van der Waals surface area contributed by atoms with E-state index in [-0.39, 0.29) is 23.4 Å². The molecule has 2 unspecified atom stereocenters. The molecule has 2 atom stereocenters. The van der Waals surface area contributed by atoms with E-state index in [1.165, 1.54) is 14.0 Å². The number of carbonyl (C=O) groups excluding carboxylic acids is 1. The lowest BCUT2D eigenvalue weighted by atomic mass is 9.72. The number of rotatable bonds is 10. The maximum absolute atomic E-state index is 13.4. The molecule has 1 aliphatic carbocycles. The first-order chi connectivity index (χ1) is 21.2. The molecule has 0 aliphatic heterocycles. The fraction of sp³-hybridized carbons (Fsp3) is 0.576. The summed E-state index contributed by atoms with van der Waals surface area (Å²) in [6, 6.07) is 0.889. The zero-order valence-electron chi connectivity index (χ0n) is 27.4. The molecular weight excluding hydrogens is 616 g/mol. The molecule has 0 radical (unpaired) electrons. The van der Waals surface area contributed by atoms with Gasteiger partial charge in [0.25, 0.3) is 6.47 Å². The van der Waals surface area contributed by atoms with Crippen LogP contribution in [0, 0.1) is 15.7 Å². The second-order valence-corrected chi connectivity index (χ2v) is 13.5. The number of pyridine rings is 1. The predicted octanol–water partition coefficient (Wildman–Crippen LogP) is 8.96. The van der Waals surface area contributed by atoms with Crippen molar-refractivity contribution in [3.05, 3.63) is 68.8 Å². The summed E-state index contributed by atoms with van der Waals surface area (Å²) in [6.45, 7) is 12.8. The quantitative estimate of drug-likeness (QED) is 0.156. The van der Waals surface area contributed by atoms with Crippen molar-refractivity contribution in [2.75, 3.05) is 20.8 Å². The van der Waals surface area contributed by atoms with Crippen molar-refractivity contribution in [1.82, 2.24) is 10.3 Å². The average Bonchev–Trinajstić information content (AvgIpc) is 2.94. The highest BCUT2D eigenvalue weighted by atomic mass is 19.4. The Kier molecular flexibility index (Phi) is 13.0. The van der Waals surface area contributed by atoms with Gasteiger partial charge in [-0.05, 0) is 84.4 Å². The summed E-state index contributed by atoms with van der Waals surface area (Å²) < 4.78 is 90.1. The van der Waals surface area contributed by atoms with Gasteiger partial charge in [-0.25, -0.2) is 4.98 Å². The van der Waals surface area contributed by atoms with Crippen LogP contribution in [0.1, 0.15) is 94.7 Å². The van der Waals surface area contributed by atoms with Gasteiger partial charge < -0.3 is 14.8 Å². The Bertz CT molecular complexity index is 1350. The topological polar surface area (TPSA) is 89.9 Å². The number of nitrogens with one attached hydrogen (secondary N) is 1. The number of hydrogen-bond donors (Lipinski definition) is 1. The first-order valence-electron chi connectivity index (χ1n) is 14.7. The normalized spacial score (nSPS) is 16.6. The number of alkyl halides is 6. The summed E-state index contributed by atoms with van der Waals surface area (Å²) in [5.41, 5.74) is 0.512. The van der Waals surface area contributed by atoms with Crippen molar-refractivity contribution in [1.29, 1.82) is 0 Å². The SMILES string of the molecule is COC=O.COc1ncc(CC(C)(C)C)cc1C1=C(CNC(C)C(N=O)c2cc(C(F)(F)F)cc(C(F)(F)F)c2)CC(C)(C)CC1. The summed E-state index contributed by atoms with van der Waals surface area (Å²) in [5, 5.41) is 6.12. The van der Waals surface area contributed by atoms with Crippen LogP contribution in [0.25, 0.3) is 5.57 Å². The van der Waals surface area contributed by atoms with Crippen molar-refractivity contribution in [2.45, 2.75) is 91.7 Å². The largest absolute Gasteiger partial charge is 0.481 e. The fourth-order valence-electron chi connectivity index (χ4n) is 5.48. The fourth-order valence-corrected chi connectivity index (χ4v) is 5.48. The molecule has 2 aromatic rings. The molecule has 0 saturated carbocycles. The molecule has 0 bridgehead atoms. The number of aromatic nitrogens is 1. The molecule has 3 rings (SSSR count). The number of halogens is 6. The predicted molar refractivity (Wildman–Crippen MR) is 164 cm³/mol. The molecule has 1 N–H and O–H groups in total. The molecule has 0 fully saturated rings. The molecule has 1 aromatic heterocycles. The Labute approximate surface area is 266 Å². The van der Waals surface area contributed by atoms with Gasteiger partial charge in [-0.3, -0.25) is 4.79 Å². The third-order valence-electron chi connectivity index (χ3n) is 7.60. The number of benzene rings is 1. The van der Waals surface area contributed by atoms with E-state index in [1.54, 1.807) is 13.3 Å². The van der Waals surface area contributed by atoms with Crippen molar-refractivity contribution in [2.24, 2.45) is 16.0 Å². The van der Waals surface area contributed by atoms with Gasteiger partial charge in [0.05, 0.1) is 25.3 Å². The van der Waals surface area contributed by atoms with Crippen LogP contribution in [-0.2, 0) is 28.3 Å². The minimum Gasteiger partial charge on any atom is -0.481 e. The summed E-state index contributed by atoms with van der Waals surface area (Å²) in [5.74, 6) is 0.476. The van der Waals surface area contributed by atoms with E-state index in [1.807, 2.05) is 0 Å². The van der Waals surface area contributed by atoms with Crippen molar-refractivity contribution >= 4 is 12.0 Å². The Morgan fingerprint density at radius 2 is 1.59 bits per heavy atom. The highest BCUT2D eigenvalue weighted by Gasteiger charge is 2.38. The van der Waals surface area contributed by atoms with Crippen LogP contribution < -0.4 is 10.1 Å². The maximum atomic E-state index is 13.4. The number of hydrogen-bond acceptors (Lipinski definition) is 7. The van der Waals surface area contributed by atoms with E-state index < -0.39 is 41.1 Å². The lowest BCUT2D eigenvalue weighted by molar-refractivity contribution is -0.143. The first kappa shape index (κ1) is 38.7. The summed E-state index contributed by atoms with van der Waals surface area (Å²) in [6.07, 6.45) is -5.14. The van der Waals surface area contributed by atoms with Crippen molar-refractivity contribution < 1.29 is 40.6 Å². The van der Waals surface area contributed by atoms with Crippen LogP contribution in [0.5, 0.6) is 5.88 Å². The first-order valence-corrected chi connectivity index (χ1v) is 14.7. The van der Waals surface area contributed by atoms with Crippen LogP contribution in [0.4, 0.5) is 26.3 Å². The molecule has 1 aliphatic rings. The summed E-state index contributed by atoms with van der Waals surface area (Å²) in [7, 11) is 2.86. The van der Waals surface area contributed by atoms with E-state index in [4.69, 9.17) is 9.53 Å². The highest BCUT2D eigenvalue weighted by Crippen LogP contribution is 2.44. The van der Waals surface area contributed by atoms with Crippen LogP contribution in [-0.4, -0.2) is 38.3 Å². The molecule has 1 heterocycles. The van der Waals surface area contributed by atoms with E-state index >= 15 is 0 Å². The van der Waals surface area contributed by atoms with Gasteiger partial charge in [0.1, 0.15) is 6.04 Å². The molecule has 7 nitrogen and oxygen atoms in total. The number of allylic oxidation sites excluding steroid dienone is 1. The molecular formula is C33H43F6N3O4. The van der Waals surface area contributed by atoms with Crippen LogP contribution >= 0.6 is 0 Å². The summed E-state index contributed by atoms with van der Waals surface area (Å²) >= 11 is 0. The Morgan fingerprint density at radius 3 is 2.04 bits per heavy atom.